The van der Waals surface area contributed by atoms with Crippen molar-refractivity contribution in [1.29, 1.82) is 0 Å². The molecule has 0 saturated carbocycles. The SMILES string of the molecule is CC(C)CCc1cc(=O)[nH]c(=O)[nH]1. The van der Waals surface area contributed by atoms with Gasteiger partial charge >= 0.3 is 5.69 Å². The molecule has 13 heavy (non-hydrogen) atoms. The zero-order valence-electron chi connectivity index (χ0n) is 7.89. The first kappa shape index (κ1) is 9.77. The summed E-state index contributed by atoms with van der Waals surface area (Å²) in [6, 6.07) is 1.43. The van der Waals surface area contributed by atoms with Gasteiger partial charge in [-0.15, -0.1) is 0 Å². The fourth-order valence-electron chi connectivity index (χ4n) is 1.10. The molecular formula is C9H14N2O2. The molecule has 0 atom stereocenters. The van der Waals surface area contributed by atoms with E-state index in [1.807, 2.05) is 0 Å². The second-order valence-electron chi connectivity index (χ2n) is 3.55. The summed E-state index contributed by atoms with van der Waals surface area (Å²) in [5.74, 6) is 0.572. The summed E-state index contributed by atoms with van der Waals surface area (Å²) in [7, 11) is 0. The highest BCUT2D eigenvalue weighted by Crippen LogP contribution is 2.03. The summed E-state index contributed by atoms with van der Waals surface area (Å²) < 4.78 is 0. The van der Waals surface area contributed by atoms with E-state index >= 15 is 0 Å². The molecule has 0 fully saturated rings. The highest BCUT2D eigenvalue weighted by molar-refractivity contribution is 4.98. The van der Waals surface area contributed by atoms with Crippen molar-refractivity contribution >= 4 is 0 Å². The van der Waals surface area contributed by atoms with Crippen LogP contribution in [0.1, 0.15) is 26.0 Å². The van der Waals surface area contributed by atoms with Crippen molar-refractivity contribution in [2.24, 2.45) is 5.92 Å². The lowest BCUT2D eigenvalue weighted by Gasteiger charge is -2.02. The van der Waals surface area contributed by atoms with Crippen LogP contribution in [0, 0.1) is 5.92 Å². The Bertz CT molecular complexity index is 347. The monoisotopic (exact) mass is 182 g/mol. The number of hydrogen-bond donors (Lipinski definition) is 2. The van der Waals surface area contributed by atoms with Gasteiger partial charge in [-0.2, -0.15) is 0 Å². The predicted octanol–water partition coefficient (Wildman–Crippen LogP) is 0.652. The zero-order chi connectivity index (χ0) is 9.84. The van der Waals surface area contributed by atoms with Crippen LogP contribution in [0.3, 0.4) is 0 Å². The molecule has 1 heterocycles. The van der Waals surface area contributed by atoms with Gasteiger partial charge in [0.25, 0.3) is 5.56 Å². The van der Waals surface area contributed by atoms with E-state index in [0.29, 0.717) is 11.6 Å². The first-order chi connectivity index (χ1) is 6.08. The molecule has 0 spiro atoms. The summed E-state index contributed by atoms with van der Waals surface area (Å²) in [6.45, 7) is 4.20. The van der Waals surface area contributed by atoms with Crippen LogP contribution >= 0.6 is 0 Å². The van der Waals surface area contributed by atoms with Crippen molar-refractivity contribution in [2.75, 3.05) is 0 Å². The second-order valence-corrected chi connectivity index (χ2v) is 3.55. The molecule has 1 aromatic rings. The van der Waals surface area contributed by atoms with Crippen molar-refractivity contribution in [3.63, 3.8) is 0 Å². The molecule has 0 aliphatic rings. The number of aryl methyl sites for hydroxylation is 1. The lowest BCUT2D eigenvalue weighted by Crippen LogP contribution is -2.23. The summed E-state index contributed by atoms with van der Waals surface area (Å²) >= 11 is 0. The van der Waals surface area contributed by atoms with Crippen molar-refractivity contribution in [3.8, 4) is 0 Å². The molecule has 0 aromatic carbocycles. The minimum absolute atomic E-state index is 0.331. The Morgan fingerprint density at radius 2 is 2.00 bits per heavy atom. The van der Waals surface area contributed by atoms with E-state index in [0.717, 1.165) is 12.8 Å². The van der Waals surface area contributed by atoms with E-state index in [2.05, 4.69) is 23.8 Å². The molecule has 72 valence electrons. The van der Waals surface area contributed by atoms with E-state index in [9.17, 15) is 9.59 Å². The molecule has 2 N–H and O–H groups in total. The molecule has 1 aromatic heterocycles. The summed E-state index contributed by atoms with van der Waals surface area (Å²) in [5.41, 5.74) is -0.0452. The molecular weight excluding hydrogens is 168 g/mol. The first-order valence-corrected chi connectivity index (χ1v) is 4.40. The number of rotatable bonds is 3. The Morgan fingerprint density at radius 3 is 2.54 bits per heavy atom. The van der Waals surface area contributed by atoms with Gasteiger partial charge in [0, 0.05) is 11.8 Å². The predicted molar refractivity (Wildman–Crippen MR) is 50.8 cm³/mol. The van der Waals surface area contributed by atoms with Gasteiger partial charge in [-0.05, 0) is 18.8 Å². The largest absolute Gasteiger partial charge is 0.325 e. The van der Waals surface area contributed by atoms with Crippen LogP contribution in [-0.4, -0.2) is 9.97 Å². The van der Waals surface area contributed by atoms with Crippen molar-refractivity contribution in [1.82, 2.24) is 9.97 Å². The zero-order valence-corrected chi connectivity index (χ0v) is 7.89. The molecule has 0 aliphatic carbocycles. The van der Waals surface area contributed by atoms with E-state index in [1.54, 1.807) is 0 Å². The summed E-state index contributed by atoms with van der Waals surface area (Å²) in [4.78, 5) is 26.4. The van der Waals surface area contributed by atoms with E-state index in [-0.39, 0.29) is 5.56 Å². The molecule has 0 unspecified atom stereocenters. The number of nitrogens with one attached hydrogen (secondary N) is 2. The average molecular weight is 182 g/mol. The van der Waals surface area contributed by atoms with Gasteiger partial charge in [0.15, 0.2) is 0 Å². The fraction of sp³-hybridized carbons (Fsp3) is 0.556. The van der Waals surface area contributed by atoms with Crippen LogP contribution in [0.5, 0.6) is 0 Å². The lowest BCUT2D eigenvalue weighted by molar-refractivity contribution is 0.579. The molecule has 4 heteroatoms. The number of H-pyrrole nitrogens is 2. The van der Waals surface area contributed by atoms with Crippen LogP contribution in [0.15, 0.2) is 15.7 Å². The normalized spacial score (nSPS) is 10.7. The maximum Gasteiger partial charge on any atom is 0.325 e. The third kappa shape index (κ3) is 3.27. The molecule has 4 nitrogen and oxygen atoms in total. The van der Waals surface area contributed by atoms with Gasteiger partial charge < -0.3 is 4.98 Å². The van der Waals surface area contributed by atoms with E-state index in [4.69, 9.17) is 0 Å². The second kappa shape index (κ2) is 4.07. The standard InChI is InChI=1S/C9H14N2O2/c1-6(2)3-4-7-5-8(12)11-9(13)10-7/h5-6H,3-4H2,1-2H3,(H2,10,11,12,13). The van der Waals surface area contributed by atoms with Crippen molar-refractivity contribution in [3.05, 3.63) is 32.6 Å². The Hall–Kier alpha value is -1.32. The van der Waals surface area contributed by atoms with Crippen molar-refractivity contribution in [2.45, 2.75) is 26.7 Å². The minimum Gasteiger partial charge on any atom is -0.311 e. The van der Waals surface area contributed by atoms with Gasteiger partial charge in [-0.25, -0.2) is 4.79 Å². The van der Waals surface area contributed by atoms with Gasteiger partial charge in [0.2, 0.25) is 0 Å². The quantitative estimate of drug-likeness (QED) is 0.720. The molecule has 0 aliphatic heterocycles. The van der Waals surface area contributed by atoms with Gasteiger partial charge in [-0.3, -0.25) is 9.78 Å². The maximum atomic E-state index is 10.9. The number of hydrogen-bond acceptors (Lipinski definition) is 2. The smallest absolute Gasteiger partial charge is 0.311 e. The Kier molecular flexibility index (Phi) is 3.06. The summed E-state index contributed by atoms with van der Waals surface area (Å²) in [5, 5.41) is 0. The Labute approximate surface area is 76.0 Å². The first-order valence-electron chi connectivity index (χ1n) is 4.40. The highest BCUT2D eigenvalue weighted by atomic mass is 16.2. The molecule has 1 rings (SSSR count). The number of aromatic amines is 2. The summed E-state index contributed by atoms with van der Waals surface area (Å²) in [6.07, 6.45) is 1.72. The van der Waals surface area contributed by atoms with Gasteiger partial charge in [0.05, 0.1) is 0 Å². The van der Waals surface area contributed by atoms with Gasteiger partial charge in [-0.1, -0.05) is 13.8 Å². The van der Waals surface area contributed by atoms with Crippen LogP contribution in [0.4, 0.5) is 0 Å². The van der Waals surface area contributed by atoms with Crippen molar-refractivity contribution < 1.29 is 0 Å². The third-order valence-corrected chi connectivity index (χ3v) is 1.81. The van der Waals surface area contributed by atoms with Crippen LogP contribution in [0.2, 0.25) is 0 Å². The van der Waals surface area contributed by atoms with E-state index < -0.39 is 5.69 Å². The van der Waals surface area contributed by atoms with Gasteiger partial charge in [0.1, 0.15) is 0 Å². The Balaban J connectivity index is 2.78. The maximum absolute atomic E-state index is 10.9. The molecule has 0 saturated heterocycles. The lowest BCUT2D eigenvalue weighted by atomic mass is 10.1. The van der Waals surface area contributed by atoms with Crippen LogP contribution in [0.25, 0.3) is 0 Å². The third-order valence-electron chi connectivity index (χ3n) is 1.81. The minimum atomic E-state index is -0.425. The molecule has 0 amide bonds. The van der Waals surface area contributed by atoms with Crippen LogP contribution < -0.4 is 11.2 Å². The Morgan fingerprint density at radius 1 is 1.31 bits per heavy atom. The highest BCUT2D eigenvalue weighted by Gasteiger charge is 1.98. The molecule has 0 bridgehead atoms. The number of aromatic nitrogens is 2. The van der Waals surface area contributed by atoms with E-state index in [1.165, 1.54) is 6.07 Å². The topological polar surface area (TPSA) is 65.7 Å². The fourth-order valence-corrected chi connectivity index (χ4v) is 1.10. The average Bonchev–Trinajstić information content (AvgIpc) is 1.99. The van der Waals surface area contributed by atoms with Crippen LogP contribution in [-0.2, 0) is 6.42 Å². The molecule has 0 radical (unpaired) electrons.